The summed E-state index contributed by atoms with van der Waals surface area (Å²) in [7, 11) is -2.01. The number of hydrogen-bond donors (Lipinski definition) is 3. The Kier molecular flexibility index (Phi) is 3.30. The van der Waals surface area contributed by atoms with Gasteiger partial charge >= 0.3 is 7.32 Å². The van der Waals surface area contributed by atoms with Gasteiger partial charge < -0.3 is 20.0 Å². The second-order valence-electron chi connectivity index (χ2n) is 3.83. The molecule has 7 heteroatoms. The van der Waals surface area contributed by atoms with Crippen LogP contribution in [-0.4, -0.2) is 29.3 Å². The molecule has 3 N–H and O–H groups in total. The Labute approximate surface area is 97.4 Å². The van der Waals surface area contributed by atoms with E-state index in [2.05, 4.69) is 9.97 Å². The predicted octanol–water partition coefficient (Wildman–Crippen LogP) is 0.0662. The van der Waals surface area contributed by atoms with E-state index in [1.54, 1.807) is 0 Å². The maximum absolute atomic E-state index is 13.5. The van der Waals surface area contributed by atoms with Gasteiger partial charge in [0.15, 0.2) is 0 Å². The fourth-order valence-corrected chi connectivity index (χ4v) is 1.37. The molecule has 0 radical (unpaired) electrons. The van der Waals surface area contributed by atoms with Crippen LogP contribution in [0.1, 0.15) is 23.2 Å². The molecule has 5 nitrogen and oxygen atoms in total. The summed E-state index contributed by atoms with van der Waals surface area (Å²) in [5.74, 6) is -1.29. The first kappa shape index (κ1) is 11.9. The van der Waals surface area contributed by atoms with Crippen molar-refractivity contribution in [2.75, 3.05) is 0 Å². The van der Waals surface area contributed by atoms with Crippen LogP contribution in [0.3, 0.4) is 0 Å². The number of carbonyl (C=O) groups is 1. The largest absolute Gasteiger partial charge is 0.707 e. The van der Waals surface area contributed by atoms with Crippen LogP contribution in [0.2, 0.25) is 0 Å². The van der Waals surface area contributed by atoms with Crippen LogP contribution in [0.5, 0.6) is 5.75 Å². The molecule has 0 atom stereocenters. The van der Waals surface area contributed by atoms with Crippen LogP contribution in [0, 0.1) is 5.82 Å². The van der Waals surface area contributed by atoms with Crippen LogP contribution < -0.4 is 9.97 Å². The zero-order valence-corrected chi connectivity index (χ0v) is 8.89. The van der Waals surface area contributed by atoms with Crippen molar-refractivity contribution in [1.82, 2.24) is 5.32 Å². The van der Waals surface area contributed by atoms with Gasteiger partial charge in [-0.15, -0.1) is 0 Å². The zero-order chi connectivity index (χ0) is 12.4. The third-order valence-electron chi connectivity index (χ3n) is 2.34. The molecule has 0 unspecified atom stereocenters. The summed E-state index contributed by atoms with van der Waals surface area (Å²) in [6, 6.07) is 3.62. The van der Waals surface area contributed by atoms with E-state index < -0.39 is 19.0 Å². The van der Waals surface area contributed by atoms with Gasteiger partial charge in [-0.05, 0) is 25.0 Å². The minimum atomic E-state index is -2.01. The molecule has 0 heterocycles. The van der Waals surface area contributed by atoms with Gasteiger partial charge in [0.25, 0.3) is 5.91 Å². The van der Waals surface area contributed by atoms with Gasteiger partial charge in [-0.3, -0.25) is 4.79 Å². The van der Waals surface area contributed by atoms with Gasteiger partial charge in [0.2, 0.25) is 0 Å². The molecule has 90 valence electrons. The van der Waals surface area contributed by atoms with E-state index in [1.165, 1.54) is 12.1 Å². The van der Waals surface area contributed by atoms with Gasteiger partial charge in [0, 0.05) is 12.1 Å². The highest BCUT2D eigenvalue weighted by atomic mass is 19.1. The summed E-state index contributed by atoms with van der Waals surface area (Å²) in [6.07, 6.45) is 1.84. The van der Waals surface area contributed by atoms with Crippen LogP contribution in [0.15, 0.2) is 18.2 Å². The second-order valence-corrected chi connectivity index (χ2v) is 3.83. The first-order chi connectivity index (χ1) is 8.06. The van der Waals surface area contributed by atoms with Gasteiger partial charge in [0.05, 0.1) is 5.56 Å². The van der Waals surface area contributed by atoms with Gasteiger partial charge in [-0.1, -0.05) is 0 Å². The summed E-state index contributed by atoms with van der Waals surface area (Å²) in [5, 5.41) is 19.7. The predicted molar refractivity (Wildman–Crippen MR) is 57.7 cm³/mol. The van der Waals surface area contributed by atoms with Crippen LogP contribution in [0.4, 0.5) is 4.39 Å². The fraction of sp³-hybridized carbons (Fsp3) is 0.300. The SMILES string of the molecule is O=C(NC1CC1)c1ccc(OB(O)O)cc1F. The molecule has 0 spiro atoms. The second kappa shape index (κ2) is 4.73. The van der Waals surface area contributed by atoms with Gasteiger partial charge in [-0.25, -0.2) is 4.39 Å². The van der Waals surface area contributed by atoms with Crippen molar-refractivity contribution < 1.29 is 23.9 Å². The van der Waals surface area contributed by atoms with E-state index in [-0.39, 0.29) is 17.4 Å². The van der Waals surface area contributed by atoms with Crippen molar-refractivity contribution in [2.24, 2.45) is 0 Å². The van der Waals surface area contributed by atoms with E-state index in [0.717, 1.165) is 18.9 Å². The van der Waals surface area contributed by atoms with Crippen LogP contribution >= 0.6 is 0 Å². The number of carbonyl (C=O) groups excluding carboxylic acids is 1. The first-order valence-corrected chi connectivity index (χ1v) is 5.19. The highest BCUT2D eigenvalue weighted by Crippen LogP contribution is 2.21. The number of benzene rings is 1. The molecular weight excluding hydrogens is 228 g/mol. The Morgan fingerprint density at radius 2 is 2.18 bits per heavy atom. The van der Waals surface area contributed by atoms with Crippen molar-refractivity contribution >= 4 is 13.2 Å². The molecule has 1 aromatic carbocycles. The van der Waals surface area contributed by atoms with Crippen molar-refractivity contribution in [3.63, 3.8) is 0 Å². The minimum Gasteiger partial charge on any atom is -0.512 e. The van der Waals surface area contributed by atoms with Crippen LogP contribution in [0.25, 0.3) is 0 Å². The molecule has 0 aromatic heterocycles. The minimum absolute atomic E-state index is 0.0551. The molecule has 1 amide bonds. The molecule has 2 rings (SSSR count). The van der Waals surface area contributed by atoms with Crippen molar-refractivity contribution in [3.05, 3.63) is 29.6 Å². The van der Waals surface area contributed by atoms with Crippen LogP contribution in [-0.2, 0) is 0 Å². The maximum atomic E-state index is 13.5. The lowest BCUT2D eigenvalue weighted by atomic mass is 10.1. The fourth-order valence-electron chi connectivity index (χ4n) is 1.37. The number of halogens is 1. The standard InChI is InChI=1S/C10H11BFNO4/c12-9-5-7(17-11(15)16)3-4-8(9)10(14)13-6-1-2-6/h3-6,15-16H,1-2H2,(H,13,14). The smallest absolute Gasteiger partial charge is 0.512 e. The molecule has 1 aliphatic rings. The Morgan fingerprint density at radius 1 is 1.47 bits per heavy atom. The van der Waals surface area contributed by atoms with E-state index in [0.29, 0.717) is 0 Å². The first-order valence-electron chi connectivity index (χ1n) is 5.19. The van der Waals surface area contributed by atoms with Gasteiger partial charge in [-0.2, -0.15) is 0 Å². The summed E-state index contributed by atoms with van der Waals surface area (Å²) < 4.78 is 18.0. The molecule has 1 saturated carbocycles. The number of rotatable bonds is 4. The number of amides is 1. The summed E-state index contributed by atoms with van der Waals surface area (Å²) in [5.41, 5.74) is -0.0864. The highest BCUT2D eigenvalue weighted by molar-refractivity contribution is 6.33. The Bertz CT molecular complexity index is 436. The normalized spacial score (nSPS) is 14.3. The van der Waals surface area contributed by atoms with Crippen molar-refractivity contribution in [2.45, 2.75) is 18.9 Å². The average molecular weight is 239 g/mol. The van der Waals surface area contributed by atoms with E-state index >= 15 is 0 Å². The third kappa shape index (κ3) is 3.18. The Morgan fingerprint density at radius 3 is 2.71 bits per heavy atom. The molecule has 0 bridgehead atoms. The molecule has 0 saturated heterocycles. The monoisotopic (exact) mass is 239 g/mol. The lowest BCUT2D eigenvalue weighted by Crippen LogP contribution is -2.26. The van der Waals surface area contributed by atoms with E-state index in [4.69, 9.17) is 10.0 Å². The number of hydrogen-bond acceptors (Lipinski definition) is 4. The summed E-state index contributed by atoms with van der Waals surface area (Å²) in [4.78, 5) is 11.6. The molecule has 17 heavy (non-hydrogen) atoms. The average Bonchev–Trinajstić information content (AvgIpc) is 3.00. The van der Waals surface area contributed by atoms with E-state index in [1.807, 2.05) is 0 Å². The topological polar surface area (TPSA) is 78.8 Å². The maximum Gasteiger partial charge on any atom is 0.707 e. The quantitative estimate of drug-likeness (QED) is 0.649. The molecule has 1 aliphatic carbocycles. The molecule has 1 aromatic rings. The molecule has 1 fully saturated rings. The molecular formula is C10H11BFNO4. The van der Waals surface area contributed by atoms with Gasteiger partial charge in [0.1, 0.15) is 11.6 Å². The number of nitrogens with one attached hydrogen (secondary N) is 1. The Hall–Kier alpha value is -1.60. The third-order valence-corrected chi connectivity index (χ3v) is 2.34. The summed E-state index contributed by atoms with van der Waals surface area (Å²) >= 11 is 0. The lowest BCUT2D eigenvalue weighted by Gasteiger charge is -2.07. The lowest BCUT2D eigenvalue weighted by molar-refractivity contribution is 0.0947. The van der Waals surface area contributed by atoms with E-state index in [9.17, 15) is 9.18 Å². The zero-order valence-electron chi connectivity index (χ0n) is 8.89. The van der Waals surface area contributed by atoms with Crippen molar-refractivity contribution in [3.8, 4) is 5.75 Å². The highest BCUT2D eigenvalue weighted by Gasteiger charge is 2.25. The van der Waals surface area contributed by atoms with Crippen molar-refractivity contribution in [1.29, 1.82) is 0 Å². The molecule has 0 aliphatic heterocycles. The summed E-state index contributed by atoms with van der Waals surface area (Å²) in [6.45, 7) is 0. The Balaban J connectivity index is 2.09.